The minimum absolute atomic E-state index is 0.0406. The summed E-state index contributed by atoms with van der Waals surface area (Å²) in [6, 6.07) is 12.6. The van der Waals surface area contributed by atoms with Gasteiger partial charge in [-0.1, -0.05) is 30.3 Å². The minimum atomic E-state index is -1.11. The number of aliphatic hydroxyl groups is 1. The van der Waals surface area contributed by atoms with Gasteiger partial charge in [-0.25, -0.2) is 0 Å². The maximum Gasteiger partial charge on any atom is 0.256 e. The second-order valence-corrected chi connectivity index (χ2v) is 4.99. The highest BCUT2D eigenvalue weighted by Crippen LogP contribution is 2.22. The van der Waals surface area contributed by atoms with Crippen molar-refractivity contribution in [2.24, 2.45) is 0 Å². The van der Waals surface area contributed by atoms with Crippen molar-refractivity contribution in [2.75, 3.05) is 13.1 Å². The summed E-state index contributed by atoms with van der Waals surface area (Å²) in [5.74, 6) is 0.408. The fraction of sp³-hybridized carbons (Fsp3) is 0.250. The number of aliphatic hydroxyl groups excluding tert-OH is 1. The van der Waals surface area contributed by atoms with E-state index in [1.54, 1.807) is 47.6 Å². The highest BCUT2D eigenvalue weighted by Gasteiger charge is 2.35. The molecule has 1 aromatic heterocycles. The number of carbonyl (C=O) groups is 1. The monoisotopic (exact) mass is 284 g/mol. The Morgan fingerprint density at radius 1 is 1.24 bits per heavy atom. The minimum Gasteiger partial charge on any atom is -0.485 e. The lowest BCUT2D eigenvalue weighted by molar-refractivity contribution is -0.149. The lowest BCUT2D eigenvalue weighted by Gasteiger charge is -2.39. The molecule has 0 unspecified atom stereocenters. The van der Waals surface area contributed by atoms with E-state index in [0.717, 1.165) is 0 Å². The molecule has 0 saturated carbocycles. The van der Waals surface area contributed by atoms with E-state index in [0.29, 0.717) is 24.4 Å². The first kappa shape index (κ1) is 13.6. The van der Waals surface area contributed by atoms with Gasteiger partial charge >= 0.3 is 0 Å². The molecule has 1 amide bonds. The number of hydrogen-bond donors (Lipinski definition) is 1. The third-order valence-electron chi connectivity index (χ3n) is 3.45. The molecule has 5 heteroatoms. The lowest BCUT2D eigenvalue weighted by atomic mass is 10.1. The number of amides is 1. The van der Waals surface area contributed by atoms with E-state index < -0.39 is 6.10 Å². The molecule has 2 aromatic rings. The molecule has 1 N–H and O–H groups in total. The maximum atomic E-state index is 12.1. The van der Waals surface area contributed by atoms with E-state index in [1.165, 1.54) is 0 Å². The summed E-state index contributed by atoms with van der Waals surface area (Å²) >= 11 is 0. The van der Waals surface area contributed by atoms with Gasteiger partial charge < -0.3 is 14.7 Å². The molecule has 2 heterocycles. The van der Waals surface area contributed by atoms with Crippen LogP contribution in [0.1, 0.15) is 11.7 Å². The molecule has 0 spiro atoms. The molecule has 0 bridgehead atoms. The molecule has 21 heavy (non-hydrogen) atoms. The zero-order chi connectivity index (χ0) is 14.7. The van der Waals surface area contributed by atoms with Gasteiger partial charge in [0.2, 0.25) is 0 Å². The van der Waals surface area contributed by atoms with Crippen LogP contribution in [0.3, 0.4) is 0 Å². The van der Waals surface area contributed by atoms with Crippen LogP contribution in [0.15, 0.2) is 54.9 Å². The number of benzene rings is 1. The predicted octanol–water partition coefficient (Wildman–Crippen LogP) is 1.40. The van der Waals surface area contributed by atoms with Gasteiger partial charge in [-0.3, -0.25) is 9.78 Å². The van der Waals surface area contributed by atoms with Gasteiger partial charge in [0.05, 0.1) is 19.3 Å². The Bertz CT molecular complexity index is 597. The van der Waals surface area contributed by atoms with Crippen LogP contribution in [0.25, 0.3) is 0 Å². The van der Waals surface area contributed by atoms with Crippen LogP contribution < -0.4 is 4.74 Å². The molecule has 108 valence electrons. The van der Waals surface area contributed by atoms with E-state index >= 15 is 0 Å². The highest BCUT2D eigenvalue weighted by atomic mass is 16.5. The standard InChI is InChI=1S/C16H16N2O3/c19-15(12-5-2-1-3-6-12)16(20)18-10-14(11-18)21-13-7-4-8-17-9-13/h1-9,14-15,19H,10-11H2/t15-/m1/s1. The number of ether oxygens (including phenoxy) is 1. The molecule has 0 radical (unpaired) electrons. The molecule has 0 aliphatic carbocycles. The van der Waals surface area contributed by atoms with Crippen LogP contribution in [0.4, 0.5) is 0 Å². The van der Waals surface area contributed by atoms with Crippen LogP contribution in [-0.4, -0.2) is 40.1 Å². The third kappa shape index (κ3) is 3.03. The molecule has 1 aliphatic heterocycles. The van der Waals surface area contributed by atoms with E-state index in [9.17, 15) is 9.90 Å². The van der Waals surface area contributed by atoms with Gasteiger partial charge in [-0.05, 0) is 17.7 Å². The van der Waals surface area contributed by atoms with Gasteiger partial charge in [0.15, 0.2) is 6.10 Å². The molecule has 5 nitrogen and oxygen atoms in total. The second kappa shape index (κ2) is 5.93. The predicted molar refractivity (Wildman–Crippen MR) is 76.6 cm³/mol. The quantitative estimate of drug-likeness (QED) is 0.922. The first-order valence-corrected chi connectivity index (χ1v) is 6.82. The van der Waals surface area contributed by atoms with Crippen molar-refractivity contribution in [2.45, 2.75) is 12.2 Å². The molecule has 1 saturated heterocycles. The Morgan fingerprint density at radius 2 is 2.00 bits per heavy atom. The summed E-state index contributed by atoms with van der Waals surface area (Å²) in [7, 11) is 0. The van der Waals surface area contributed by atoms with Crippen molar-refractivity contribution in [3.8, 4) is 5.75 Å². The Balaban J connectivity index is 1.53. The first-order valence-electron chi connectivity index (χ1n) is 6.82. The summed E-state index contributed by atoms with van der Waals surface area (Å²) in [6.07, 6.45) is 2.18. The van der Waals surface area contributed by atoms with Crippen LogP contribution >= 0.6 is 0 Å². The Morgan fingerprint density at radius 3 is 2.67 bits per heavy atom. The van der Waals surface area contributed by atoms with Crippen molar-refractivity contribution in [3.63, 3.8) is 0 Å². The SMILES string of the molecule is O=C([C@H](O)c1ccccc1)N1CC(Oc2cccnc2)C1. The summed E-state index contributed by atoms with van der Waals surface area (Å²) in [5.41, 5.74) is 0.610. The van der Waals surface area contributed by atoms with Crippen LogP contribution in [0.5, 0.6) is 5.75 Å². The van der Waals surface area contributed by atoms with Gasteiger partial charge in [0.1, 0.15) is 11.9 Å². The Labute approximate surface area is 122 Å². The van der Waals surface area contributed by atoms with E-state index in [4.69, 9.17) is 4.74 Å². The highest BCUT2D eigenvalue weighted by molar-refractivity contribution is 5.82. The lowest BCUT2D eigenvalue weighted by Crippen LogP contribution is -2.57. The van der Waals surface area contributed by atoms with Crippen molar-refractivity contribution in [1.82, 2.24) is 9.88 Å². The van der Waals surface area contributed by atoms with Gasteiger partial charge in [0, 0.05) is 6.20 Å². The van der Waals surface area contributed by atoms with Crippen molar-refractivity contribution in [3.05, 3.63) is 60.4 Å². The van der Waals surface area contributed by atoms with Crippen molar-refractivity contribution >= 4 is 5.91 Å². The molecular formula is C16H16N2O3. The number of pyridine rings is 1. The molecule has 1 fully saturated rings. The Hall–Kier alpha value is -2.40. The number of nitrogens with zero attached hydrogens (tertiary/aromatic N) is 2. The number of aromatic nitrogens is 1. The fourth-order valence-electron chi connectivity index (χ4n) is 2.25. The molecule has 3 rings (SSSR count). The smallest absolute Gasteiger partial charge is 0.256 e. The van der Waals surface area contributed by atoms with Gasteiger partial charge in [0.25, 0.3) is 5.91 Å². The number of carbonyl (C=O) groups excluding carboxylic acids is 1. The normalized spacial score (nSPS) is 16.1. The van der Waals surface area contributed by atoms with Crippen LogP contribution in [0, 0.1) is 0 Å². The zero-order valence-corrected chi connectivity index (χ0v) is 11.4. The maximum absolute atomic E-state index is 12.1. The Kier molecular flexibility index (Phi) is 3.83. The van der Waals surface area contributed by atoms with Crippen LogP contribution in [0.2, 0.25) is 0 Å². The van der Waals surface area contributed by atoms with Gasteiger partial charge in [-0.15, -0.1) is 0 Å². The van der Waals surface area contributed by atoms with Crippen molar-refractivity contribution in [1.29, 1.82) is 0 Å². The summed E-state index contributed by atoms with van der Waals surface area (Å²) < 4.78 is 5.68. The topological polar surface area (TPSA) is 62.7 Å². The number of hydrogen-bond acceptors (Lipinski definition) is 4. The second-order valence-electron chi connectivity index (χ2n) is 4.99. The first-order chi connectivity index (χ1) is 10.2. The largest absolute Gasteiger partial charge is 0.485 e. The average Bonchev–Trinajstić information content (AvgIpc) is 2.51. The zero-order valence-electron chi connectivity index (χ0n) is 11.4. The average molecular weight is 284 g/mol. The van der Waals surface area contributed by atoms with E-state index in [1.807, 2.05) is 12.1 Å². The molecule has 1 atom stereocenters. The molecule has 1 aliphatic rings. The van der Waals surface area contributed by atoms with Crippen LogP contribution in [-0.2, 0) is 4.79 Å². The number of rotatable bonds is 4. The fourth-order valence-corrected chi connectivity index (χ4v) is 2.25. The van der Waals surface area contributed by atoms with E-state index in [2.05, 4.69) is 4.98 Å². The van der Waals surface area contributed by atoms with Crippen molar-refractivity contribution < 1.29 is 14.6 Å². The summed E-state index contributed by atoms with van der Waals surface area (Å²) in [6.45, 7) is 0.968. The molecule has 1 aromatic carbocycles. The van der Waals surface area contributed by atoms with Gasteiger partial charge in [-0.2, -0.15) is 0 Å². The third-order valence-corrected chi connectivity index (χ3v) is 3.45. The van der Waals surface area contributed by atoms with E-state index in [-0.39, 0.29) is 12.0 Å². The molecular weight excluding hydrogens is 268 g/mol. The summed E-state index contributed by atoms with van der Waals surface area (Å²) in [5, 5.41) is 10.1. The summed E-state index contributed by atoms with van der Waals surface area (Å²) in [4.78, 5) is 17.7. The number of likely N-dealkylation sites (tertiary alicyclic amines) is 1.